The van der Waals surface area contributed by atoms with Gasteiger partial charge in [-0.15, -0.1) is 0 Å². The Morgan fingerprint density at radius 2 is 1.71 bits per heavy atom. The molecule has 10 heteroatoms. The van der Waals surface area contributed by atoms with Gasteiger partial charge >= 0.3 is 6.18 Å². The third kappa shape index (κ3) is 7.87. The maximum atomic E-state index is 12.8. The molecule has 0 saturated heterocycles. The molecule has 6 nitrogen and oxygen atoms in total. The van der Waals surface area contributed by atoms with Crippen molar-refractivity contribution in [1.82, 2.24) is 5.43 Å². The summed E-state index contributed by atoms with van der Waals surface area (Å²) in [5, 5.41) is 6.58. The molecule has 0 aliphatic heterocycles. The van der Waals surface area contributed by atoms with E-state index < -0.39 is 17.6 Å². The van der Waals surface area contributed by atoms with E-state index in [1.807, 2.05) is 18.2 Å². The Hall–Kier alpha value is -3.41. The van der Waals surface area contributed by atoms with Crippen LogP contribution in [0.25, 0.3) is 0 Å². The third-order valence-corrected chi connectivity index (χ3v) is 5.36. The number of carbonyl (C=O) groups excluding carboxylic acids is 2. The fourth-order valence-corrected chi connectivity index (χ4v) is 3.33. The van der Waals surface area contributed by atoms with Gasteiger partial charge in [-0.05, 0) is 76.2 Å². The summed E-state index contributed by atoms with van der Waals surface area (Å²) in [4.78, 5) is 24.0. The van der Waals surface area contributed by atoms with Crippen LogP contribution in [0.15, 0.2) is 77.9 Å². The Kier molecular flexibility index (Phi) is 8.63. The normalized spacial score (nSPS) is 11.3. The van der Waals surface area contributed by atoms with Gasteiger partial charge in [-0.2, -0.15) is 18.3 Å². The highest BCUT2D eigenvalue weighted by molar-refractivity contribution is 14.1. The van der Waals surface area contributed by atoms with Crippen molar-refractivity contribution in [2.75, 3.05) is 11.9 Å². The molecule has 0 heterocycles. The second-order valence-electron chi connectivity index (χ2n) is 7.05. The molecule has 0 aliphatic carbocycles. The fourth-order valence-electron chi connectivity index (χ4n) is 2.81. The zero-order valence-electron chi connectivity index (χ0n) is 17.6. The first-order chi connectivity index (χ1) is 16.2. The molecule has 0 spiro atoms. The van der Waals surface area contributed by atoms with E-state index in [0.717, 1.165) is 15.7 Å². The first kappa shape index (κ1) is 25.2. The lowest BCUT2D eigenvalue weighted by Gasteiger charge is -2.09. The predicted molar refractivity (Wildman–Crippen MR) is 131 cm³/mol. The highest BCUT2D eigenvalue weighted by atomic mass is 127. The summed E-state index contributed by atoms with van der Waals surface area (Å²) in [6, 6.07) is 18.6. The van der Waals surface area contributed by atoms with Crippen molar-refractivity contribution in [1.29, 1.82) is 0 Å². The average molecular weight is 581 g/mol. The van der Waals surface area contributed by atoms with Crippen molar-refractivity contribution in [3.8, 4) is 5.75 Å². The van der Waals surface area contributed by atoms with Crippen molar-refractivity contribution in [2.45, 2.75) is 12.6 Å². The van der Waals surface area contributed by atoms with E-state index in [4.69, 9.17) is 4.74 Å². The molecule has 2 N–H and O–H groups in total. The van der Waals surface area contributed by atoms with Crippen LogP contribution in [0.4, 0.5) is 18.9 Å². The van der Waals surface area contributed by atoms with E-state index in [1.165, 1.54) is 18.3 Å². The molecule has 176 valence electrons. The van der Waals surface area contributed by atoms with E-state index in [0.29, 0.717) is 17.0 Å². The maximum Gasteiger partial charge on any atom is 0.416 e. The molecule has 0 fully saturated rings. The van der Waals surface area contributed by atoms with Crippen molar-refractivity contribution in [3.05, 3.63) is 93.1 Å². The van der Waals surface area contributed by atoms with Crippen molar-refractivity contribution in [2.24, 2.45) is 5.10 Å². The topological polar surface area (TPSA) is 79.8 Å². The van der Waals surface area contributed by atoms with Crippen LogP contribution in [0.2, 0.25) is 0 Å². The number of halogens is 4. The lowest BCUT2D eigenvalue weighted by atomic mass is 10.1. The Bertz CT molecular complexity index is 1180. The number of hydrogen-bond donors (Lipinski definition) is 2. The number of carbonyl (C=O) groups is 2. The minimum atomic E-state index is -4.47. The van der Waals surface area contributed by atoms with Crippen molar-refractivity contribution < 1.29 is 27.5 Å². The summed E-state index contributed by atoms with van der Waals surface area (Å²) in [6.07, 6.45) is -3.32. The predicted octanol–water partition coefficient (Wildman–Crippen LogP) is 5.02. The third-order valence-electron chi connectivity index (χ3n) is 4.42. The van der Waals surface area contributed by atoms with E-state index in [1.54, 1.807) is 30.3 Å². The SMILES string of the molecule is O=C(Cc1cccc(C(F)(F)F)c1)N/N=C\c1ccc(OCC(=O)Nc2ccccc2I)cc1. The molecule has 0 saturated carbocycles. The minimum absolute atomic E-state index is 0.163. The Morgan fingerprint density at radius 1 is 0.971 bits per heavy atom. The van der Waals surface area contributed by atoms with Crippen LogP contribution in [-0.4, -0.2) is 24.6 Å². The average Bonchev–Trinajstić information content (AvgIpc) is 2.80. The number of hydrogen-bond acceptors (Lipinski definition) is 4. The minimum Gasteiger partial charge on any atom is -0.484 e. The van der Waals surface area contributed by atoms with Crippen LogP contribution in [0.1, 0.15) is 16.7 Å². The fraction of sp³-hybridized carbons (Fsp3) is 0.125. The lowest BCUT2D eigenvalue weighted by molar-refractivity contribution is -0.137. The number of benzene rings is 3. The number of rotatable bonds is 8. The van der Waals surface area contributed by atoms with Crippen LogP contribution in [0.3, 0.4) is 0 Å². The molecule has 0 atom stereocenters. The molecule has 0 bridgehead atoms. The zero-order chi connectivity index (χ0) is 24.6. The van der Waals surface area contributed by atoms with Crippen molar-refractivity contribution >= 4 is 46.3 Å². The van der Waals surface area contributed by atoms with Gasteiger partial charge in [-0.1, -0.05) is 30.3 Å². The standard InChI is InChI=1S/C24H19F3IN3O3/c25-24(26,27)18-5-3-4-17(12-18)13-22(32)31-29-14-16-8-10-19(11-9-16)34-15-23(33)30-21-7-2-1-6-20(21)28/h1-12,14H,13,15H2,(H,30,33)(H,31,32)/b29-14-. The van der Waals surface area contributed by atoms with Gasteiger partial charge in [0.15, 0.2) is 6.61 Å². The second kappa shape index (κ2) is 11.6. The number of amides is 2. The van der Waals surface area contributed by atoms with Crippen LogP contribution >= 0.6 is 22.6 Å². The maximum absolute atomic E-state index is 12.8. The molecule has 0 aromatic heterocycles. The van der Waals surface area contributed by atoms with Crippen LogP contribution in [-0.2, 0) is 22.2 Å². The van der Waals surface area contributed by atoms with Gasteiger partial charge in [0, 0.05) is 3.57 Å². The molecule has 0 aliphatic rings. The molecule has 0 unspecified atom stereocenters. The van der Waals surface area contributed by atoms with Gasteiger partial charge < -0.3 is 10.1 Å². The summed E-state index contributed by atoms with van der Waals surface area (Å²) in [5.41, 5.74) is 3.06. The van der Waals surface area contributed by atoms with Gasteiger partial charge in [0.05, 0.1) is 23.9 Å². The number of ether oxygens (including phenoxy) is 1. The summed E-state index contributed by atoms with van der Waals surface area (Å²) in [5.74, 6) is -0.364. The first-order valence-electron chi connectivity index (χ1n) is 9.96. The van der Waals surface area contributed by atoms with Gasteiger partial charge in [0.2, 0.25) is 5.91 Å². The van der Waals surface area contributed by atoms with Gasteiger partial charge in [0.1, 0.15) is 5.75 Å². The second-order valence-corrected chi connectivity index (χ2v) is 8.22. The number of para-hydroxylation sites is 1. The highest BCUT2D eigenvalue weighted by Gasteiger charge is 2.30. The molecule has 3 rings (SSSR count). The summed E-state index contributed by atoms with van der Waals surface area (Å²) >= 11 is 2.13. The molecular weight excluding hydrogens is 562 g/mol. The number of anilines is 1. The van der Waals surface area contributed by atoms with Gasteiger partial charge in [-0.25, -0.2) is 5.43 Å². The van der Waals surface area contributed by atoms with Gasteiger partial charge in [0.25, 0.3) is 5.91 Å². The van der Waals surface area contributed by atoms with E-state index >= 15 is 0 Å². The summed E-state index contributed by atoms with van der Waals surface area (Å²) < 4.78 is 44.7. The number of hydrazone groups is 1. The monoisotopic (exact) mass is 581 g/mol. The number of nitrogens with zero attached hydrogens (tertiary/aromatic N) is 1. The zero-order valence-corrected chi connectivity index (χ0v) is 19.8. The quantitative estimate of drug-likeness (QED) is 0.223. The molecule has 3 aromatic carbocycles. The van der Waals surface area contributed by atoms with Gasteiger partial charge in [-0.3, -0.25) is 9.59 Å². The largest absolute Gasteiger partial charge is 0.484 e. The van der Waals surface area contributed by atoms with Crippen LogP contribution < -0.4 is 15.5 Å². The Labute approximate surface area is 207 Å². The van der Waals surface area contributed by atoms with E-state index in [2.05, 4.69) is 38.4 Å². The van der Waals surface area contributed by atoms with E-state index in [9.17, 15) is 22.8 Å². The van der Waals surface area contributed by atoms with Crippen LogP contribution in [0, 0.1) is 3.57 Å². The van der Waals surface area contributed by atoms with Crippen molar-refractivity contribution in [3.63, 3.8) is 0 Å². The Morgan fingerprint density at radius 3 is 2.41 bits per heavy atom. The Balaban J connectivity index is 1.45. The molecule has 34 heavy (non-hydrogen) atoms. The molecular formula is C24H19F3IN3O3. The number of alkyl halides is 3. The molecule has 0 radical (unpaired) electrons. The smallest absolute Gasteiger partial charge is 0.416 e. The number of nitrogens with one attached hydrogen (secondary N) is 2. The highest BCUT2D eigenvalue weighted by Crippen LogP contribution is 2.29. The molecule has 2 amide bonds. The van der Waals surface area contributed by atoms with Crippen LogP contribution in [0.5, 0.6) is 5.75 Å². The lowest BCUT2D eigenvalue weighted by Crippen LogP contribution is -2.20. The summed E-state index contributed by atoms with van der Waals surface area (Å²) in [6.45, 7) is -0.163. The van der Waals surface area contributed by atoms with E-state index in [-0.39, 0.29) is 24.5 Å². The first-order valence-corrected chi connectivity index (χ1v) is 11.0. The summed E-state index contributed by atoms with van der Waals surface area (Å²) in [7, 11) is 0. The molecule has 3 aromatic rings.